The monoisotopic (exact) mass is 446 g/mol. The number of likely N-dealkylation sites (tertiary alicyclic amines) is 1. The molecule has 0 saturated carbocycles. The minimum atomic E-state index is -0.164. The Labute approximate surface area is 187 Å². The second-order valence-electron chi connectivity index (χ2n) is 7.38. The lowest BCUT2D eigenvalue weighted by atomic mass is 9.95. The van der Waals surface area contributed by atoms with Gasteiger partial charge in [0.05, 0.1) is 21.3 Å². The van der Waals surface area contributed by atoms with Crippen LogP contribution in [-0.4, -0.2) is 51.1 Å². The highest BCUT2D eigenvalue weighted by Gasteiger charge is 2.29. The van der Waals surface area contributed by atoms with Crippen LogP contribution in [0.15, 0.2) is 30.3 Å². The summed E-state index contributed by atoms with van der Waals surface area (Å²) in [4.78, 5) is 27.5. The highest BCUT2D eigenvalue weighted by molar-refractivity contribution is 6.31. The molecule has 2 aromatic carbocycles. The largest absolute Gasteiger partial charge is 0.493 e. The Morgan fingerprint density at radius 1 is 1.03 bits per heavy atom. The van der Waals surface area contributed by atoms with Crippen LogP contribution < -0.4 is 19.5 Å². The van der Waals surface area contributed by atoms with Crippen LogP contribution in [0.4, 0.5) is 5.69 Å². The zero-order valence-electron chi connectivity index (χ0n) is 18.2. The predicted octanol–water partition coefficient (Wildman–Crippen LogP) is 4.17. The molecule has 0 radical (unpaired) electrons. The highest BCUT2D eigenvalue weighted by Crippen LogP contribution is 2.38. The summed E-state index contributed by atoms with van der Waals surface area (Å²) < 4.78 is 16.0. The molecule has 1 aliphatic rings. The van der Waals surface area contributed by atoms with Gasteiger partial charge in [0.1, 0.15) is 0 Å². The molecule has 166 valence electrons. The van der Waals surface area contributed by atoms with E-state index in [0.29, 0.717) is 59.5 Å². The van der Waals surface area contributed by atoms with Crippen molar-refractivity contribution >= 4 is 29.1 Å². The van der Waals surface area contributed by atoms with Gasteiger partial charge in [-0.1, -0.05) is 17.7 Å². The summed E-state index contributed by atoms with van der Waals surface area (Å²) in [5, 5.41) is 3.58. The number of amides is 2. The lowest BCUT2D eigenvalue weighted by Crippen LogP contribution is -2.41. The van der Waals surface area contributed by atoms with Crippen LogP contribution in [-0.2, 0) is 4.79 Å². The van der Waals surface area contributed by atoms with Gasteiger partial charge in [0.25, 0.3) is 5.91 Å². The Kier molecular flexibility index (Phi) is 7.28. The molecule has 2 aromatic rings. The minimum absolute atomic E-state index is 0.0507. The molecule has 1 saturated heterocycles. The van der Waals surface area contributed by atoms with Crippen LogP contribution in [0.2, 0.25) is 5.02 Å². The lowest BCUT2D eigenvalue weighted by Gasteiger charge is -2.31. The summed E-state index contributed by atoms with van der Waals surface area (Å²) in [5.41, 5.74) is 2.01. The van der Waals surface area contributed by atoms with Gasteiger partial charge in [-0.2, -0.15) is 0 Å². The first-order chi connectivity index (χ1) is 14.9. The van der Waals surface area contributed by atoms with E-state index in [1.54, 1.807) is 23.1 Å². The third-order valence-electron chi connectivity index (χ3n) is 5.59. The molecular formula is C23H27ClN2O5. The molecule has 1 fully saturated rings. The number of halogens is 1. The molecule has 31 heavy (non-hydrogen) atoms. The first-order valence-corrected chi connectivity index (χ1v) is 10.4. The quantitative estimate of drug-likeness (QED) is 0.720. The molecule has 1 aliphatic heterocycles. The van der Waals surface area contributed by atoms with Crippen LogP contribution in [0.25, 0.3) is 0 Å². The topological polar surface area (TPSA) is 77.1 Å². The molecule has 0 unspecified atom stereocenters. The number of piperidine rings is 1. The lowest BCUT2D eigenvalue weighted by molar-refractivity contribution is -0.121. The Balaban J connectivity index is 1.66. The number of nitrogens with zero attached hydrogens (tertiary/aromatic N) is 1. The van der Waals surface area contributed by atoms with E-state index in [-0.39, 0.29) is 17.7 Å². The van der Waals surface area contributed by atoms with E-state index in [0.717, 1.165) is 5.56 Å². The summed E-state index contributed by atoms with van der Waals surface area (Å²) in [5.74, 6) is 0.942. The van der Waals surface area contributed by atoms with Crippen molar-refractivity contribution in [3.63, 3.8) is 0 Å². The van der Waals surface area contributed by atoms with E-state index in [9.17, 15) is 9.59 Å². The Morgan fingerprint density at radius 3 is 2.19 bits per heavy atom. The maximum Gasteiger partial charge on any atom is 0.254 e. The maximum absolute atomic E-state index is 13.0. The summed E-state index contributed by atoms with van der Waals surface area (Å²) in [6.07, 6.45) is 1.17. The zero-order chi connectivity index (χ0) is 22.5. The fourth-order valence-electron chi connectivity index (χ4n) is 3.71. The van der Waals surface area contributed by atoms with E-state index in [4.69, 9.17) is 25.8 Å². The smallest absolute Gasteiger partial charge is 0.254 e. The van der Waals surface area contributed by atoms with Crippen molar-refractivity contribution in [2.45, 2.75) is 19.8 Å². The molecule has 0 aromatic heterocycles. The normalized spacial score (nSPS) is 14.2. The molecule has 3 rings (SSSR count). The second kappa shape index (κ2) is 9.92. The summed E-state index contributed by atoms with van der Waals surface area (Å²) in [6, 6.07) is 8.72. The standard InChI is InChI=1S/C23H27ClN2O5/c1-14-17(24)6-5-7-18(14)25-22(27)15-8-10-26(11-9-15)23(28)16-12-19(29-2)21(31-4)20(13-16)30-3/h5-7,12-13,15H,8-11H2,1-4H3,(H,25,27). The number of hydrogen-bond acceptors (Lipinski definition) is 5. The van der Waals surface area contributed by atoms with Crippen LogP contribution in [0.1, 0.15) is 28.8 Å². The fourth-order valence-corrected chi connectivity index (χ4v) is 3.88. The number of benzene rings is 2. The van der Waals surface area contributed by atoms with E-state index in [2.05, 4.69) is 5.32 Å². The average Bonchev–Trinajstić information content (AvgIpc) is 2.80. The first kappa shape index (κ1) is 22.7. The molecule has 0 aliphatic carbocycles. The number of rotatable bonds is 6. The van der Waals surface area contributed by atoms with Crippen LogP contribution >= 0.6 is 11.6 Å². The molecular weight excluding hydrogens is 420 g/mol. The van der Waals surface area contributed by atoms with E-state index >= 15 is 0 Å². The number of ether oxygens (including phenoxy) is 3. The molecule has 7 nitrogen and oxygen atoms in total. The van der Waals surface area contributed by atoms with Crippen molar-refractivity contribution in [1.82, 2.24) is 4.90 Å². The Morgan fingerprint density at radius 2 is 1.65 bits per heavy atom. The number of hydrogen-bond donors (Lipinski definition) is 1. The fraction of sp³-hybridized carbons (Fsp3) is 0.391. The molecule has 8 heteroatoms. The van der Waals surface area contributed by atoms with E-state index < -0.39 is 0 Å². The van der Waals surface area contributed by atoms with E-state index in [1.165, 1.54) is 21.3 Å². The van der Waals surface area contributed by atoms with Gasteiger partial charge in [0.2, 0.25) is 11.7 Å². The highest BCUT2D eigenvalue weighted by atomic mass is 35.5. The third-order valence-corrected chi connectivity index (χ3v) is 6.00. The van der Waals surface area contributed by atoms with Gasteiger partial charge in [-0.05, 0) is 49.6 Å². The molecule has 2 amide bonds. The molecule has 1 N–H and O–H groups in total. The van der Waals surface area contributed by atoms with Crippen LogP contribution in [0.5, 0.6) is 17.2 Å². The third kappa shape index (κ3) is 4.88. The van der Waals surface area contributed by atoms with Gasteiger partial charge in [-0.25, -0.2) is 0 Å². The van der Waals surface area contributed by atoms with Crippen molar-refractivity contribution in [3.8, 4) is 17.2 Å². The number of nitrogens with one attached hydrogen (secondary N) is 1. The van der Waals surface area contributed by atoms with Gasteiger partial charge in [-0.3, -0.25) is 9.59 Å². The van der Waals surface area contributed by atoms with Crippen LogP contribution in [0.3, 0.4) is 0 Å². The van der Waals surface area contributed by atoms with Crippen molar-refractivity contribution < 1.29 is 23.8 Å². The average molecular weight is 447 g/mol. The van der Waals surface area contributed by atoms with Crippen molar-refractivity contribution in [2.24, 2.45) is 5.92 Å². The van der Waals surface area contributed by atoms with Crippen molar-refractivity contribution in [3.05, 3.63) is 46.5 Å². The minimum Gasteiger partial charge on any atom is -0.493 e. The summed E-state index contributed by atoms with van der Waals surface area (Å²) >= 11 is 6.14. The molecule has 0 spiro atoms. The van der Waals surface area contributed by atoms with Crippen molar-refractivity contribution in [2.75, 3.05) is 39.7 Å². The number of anilines is 1. The molecule has 0 atom stereocenters. The summed E-state index contributed by atoms with van der Waals surface area (Å²) in [6.45, 7) is 2.85. The second-order valence-corrected chi connectivity index (χ2v) is 7.79. The first-order valence-electron chi connectivity index (χ1n) is 10.0. The van der Waals surface area contributed by atoms with Gasteiger partial charge in [0.15, 0.2) is 11.5 Å². The number of methoxy groups -OCH3 is 3. The van der Waals surface area contributed by atoms with Gasteiger partial charge in [0, 0.05) is 35.3 Å². The molecule has 1 heterocycles. The molecule has 0 bridgehead atoms. The SMILES string of the molecule is COc1cc(C(=O)N2CCC(C(=O)Nc3cccc(Cl)c3C)CC2)cc(OC)c1OC. The van der Waals surface area contributed by atoms with Gasteiger partial charge < -0.3 is 24.4 Å². The predicted molar refractivity (Wildman–Crippen MR) is 120 cm³/mol. The number of carbonyl (C=O) groups excluding carboxylic acids is 2. The van der Waals surface area contributed by atoms with Gasteiger partial charge in [-0.15, -0.1) is 0 Å². The summed E-state index contributed by atoms with van der Waals surface area (Å²) in [7, 11) is 4.54. The Bertz CT molecular complexity index is 945. The van der Waals surface area contributed by atoms with E-state index in [1.807, 2.05) is 19.1 Å². The number of carbonyl (C=O) groups is 2. The van der Waals surface area contributed by atoms with Gasteiger partial charge >= 0.3 is 0 Å². The Hall–Kier alpha value is -2.93. The zero-order valence-corrected chi connectivity index (χ0v) is 18.9. The van der Waals surface area contributed by atoms with Crippen molar-refractivity contribution in [1.29, 1.82) is 0 Å². The van der Waals surface area contributed by atoms with Crippen LogP contribution in [0, 0.1) is 12.8 Å². The maximum atomic E-state index is 13.0.